The van der Waals surface area contributed by atoms with Crippen LogP contribution < -0.4 is 5.56 Å². The highest BCUT2D eigenvalue weighted by molar-refractivity contribution is 14.1. The summed E-state index contributed by atoms with van der Waals surface area (Å²) in [6.07, 6.45) is 0. The number of rotatable bonds is 1. The van der Waals surface area contributed by atoms with Crippen molar-refractivity contribution in [3.05, 3.63) is 72.3 Å². The van der Waals surface area contributed by atoms with Crippen LogP contribution in [0.1, 0.15) is 36.7 Å². The van der Waals surface area contributed by atoms with Gasteiger partial charge in [0.1, 0.15) is 0 Å². The Balaban J connectivity index is 2.14. The molecule has 0 aliphatic rings. The Labute approximate surface area is 164 Å². The molecule has 25 heavy (non-hydrogen) atoms. The van der Waals surface area contributed by atoms with Crippen molar-refractivity contribution in [2.75, 3.05) is 0 Å². The Hall–Kier alpha value is -1.80. The van der Waals surface area contributed by atoms with E-state index in [4.69, 9.17) is 12.2 Å². The molecule has 1 heterocycles. The number of halogens is 1. The summed E-state index contributed by atoms with van der Waals surface area (Å²) in [7, 11) is 0. The number of carbonyl (C=O) groups is 1. The first-order valence-electron chi connectivity index (χ1n) is 7.78. The highest BCUT2D eigenvalue weighted by Crippen LogP contribution is 2.22. The molecule has 0 spiro atoms. The lowest BCUT2D eigenvalue weighted by Crippen LogP contribution is -2.29. The predicted octanol–water partition coefficient (Wildman–Crippen LogP) is 4.65. The van der Waals surface area contributed by atoms with Gasteiger partial charge < -0.3 is 4.98 Å². The third kappa shape index (κ3) is 3.46. The standard InChI is InChI=1S/C19H17IN2O2S/c1-19(2,3)12-6-4-11(5-7-12)16(23)22-17(24)14-10-13(20)8-9-15(14)21-18(22)25/h4-10H,1-3H3,(H,21,25). The van der Waals surface area contributed by atoms with Gasteiger partial charge in [-0.3, -0.25) is 9.59 Å². The highest BCUT2D eigenvalue weighted by Gasteiger charge is 2.17. The van der Waals surface area contributed by atoms with Gasteiger partial charge in [-0.1, -0.05) is 32.9 Å². The summed E-state index contributed by atoms with van der Waals surface area (Å²) < 4.78 is 2.05. The number of fused-ring (bicyclic) bond motifs is 1. The molecule has 0 aliphatic carbocycles. The molecule has 0 saturated heterocycles. The summed E-state index contributed by atoms with van der Waals surface area (Å²) in [4.78, 5) is 28.6. The van der Waals surface area contributed by atoms with E-state index >= 15 is 0 Å². The largest absolute Gasteiger partial charge is 0.331 e. The first-order valence-corrected chi connectivity index (χ1v) is 9.27. The monoisotopic (exact) mass is 464 g/mol. The Morgan fingerprint density at radius 2 is 1.76 bits per heavy atom. The Kier molecular flexibility index (Phi) is 4.68. The number of H-pyrrole nitrogens is 1. The smallest absolute Gasteiger partial charge is 0.269 e. The van der Waals surface area contributed by atoms with Gasteiger partial charge >= 0.3 is 0 Å². The first-order chi connectivity index (χ1) is 11.7. The topological polar surface area (TPSA) is 54.9 Å². The number of benzene rings is 2. The molecule has 2 aromatic carbocycles. The van der Waals surface area contributed by atoms with E-state index in [1.165, 1.54) is 0 Å². The minimum Gasteiger partial charge on any atom is -0.331 e. The van der Waals surface area contributed by atoms with Crippen LogP contribution in [-0.4, -0.2) is 15.5 Å². The molecule has 3 rings (SSSR count). The van der Waals surface area contributed by atoms with Crippen molar-refractivity contribution in [1.29, 1.82) is 0 Å². The van der Waals surface area contributed by atoms with E-state index in [1.54, 1.807) is 24.3 Å². The summed E-state index contributed by atoms with van der Waals surface area (Å²) in [5.41, 5.74) is 1.77. The van der Waals surface area contributed by atoms with Gasteiger partial charge in [0.2, 0.25) is 0 Å². The fourth-order valence-electron chi connectivity index (χ4n) is 2.61. The second kappa shape index (κ2) is 6.49. The fraction of sp³-hybridized carbons (Fsp3) is 0.211. The van der Waals surface area contributed by atoms with Crippen LogP contribution in [0.25, 0.3) is 10.9 Å². The Morgan fingerprint density at radius 1 is 1.12 bits per heavy atom. The highest BCUT2D eigenvalue weighted by atomic mass is 127. The molecular weight excluding hydrogens is 447 g/mol. The molecule has 0 amide bonds. The minimum atomic E-state index is -0.424. The van der Waals surface area contributed by atoms with Crippen molar-refractivity contribution in [3.8, 4) is 0 Å². The number of hydrogen-bond acceptors (Lipinski definition) is 3. The van der Waals surface area contributed by atoms with Gasteiger partial charge in [0, 0.05) is 9.13 Å². The van der Waals surface area contributed by atoms with Crippen molar-refractivity contribution < 1.29 is 4.79 Å². The molecule has 0 fully saturated rings. The van der Waals surface area contributed by atoms with Crippen molar-refractivity contribution in [3.63, 3.8) is 0 Å². The zero-order valence-corrected chi connectivity index (χ0v) is 17.1. The lowest BCUT2D eigenvalue weighted by Gasteiger charge is -2.19. The average Bonchev–Trinajstić information content (AvgIpc) is 2.55. The van der Waals surface area contributed by atoms with Crippen LogP contribution in [0.5, 0.6) is 0 Å². The van der Waals surface area contributed by atoms with E-state index in [0.29, 0.717) is 16.5 Å². The van der Waals surface area contributed by atoms with Crippen molar-refractivity contribution in [2.45, 2.75) is 26.2 Å². The summed E-state index contributed by atoms with van der Waals surface area (Å²) in [6, 6.07) is 12.7. The summed E-state index contributed by atoms with van der Waals surface area (Å²) in [5, 5.41) is 0.445. The van der Waals surface area contributed by atoms with Crippen LogP contribution in [0, 0.1) is 8.34 Å². The van der Waals surface area contributed by atoms with Gasteiger partial charge in [-0.25, -0.2) is 4.57 Å². The van der Waals surface area contributed by atoms with Gasteiger partial charge in [0.05, 0.1) is 10.9 Å². The molecule has 0 aliphatic heterocycles. The number of nitrogens with zero attached hydrogens (tertiary/aromatic N) is 1. The molecule has 3 aromatic rings. The Bertz CT molecular complexity index is 1090. The molecular formula is C19H17IN2O2S. The van der Waals surface area contributed by atoms with E-state index < -0.39 is 11.5 Å². The maximum absolute atomic E-state index is 12.9. The summed E-state index contributed by atoms with van der Waals surface area (Å²) in [5.74, 6) is -0.424. The number of nitrogens with one attached hydrogen (secondary N) is 1. The molecule has 6 heteroatoms. The average molecular weight is 464 g/mol. The molecule has 1 aromatic heterocycles. The Morgan fingerprint density at radius 3 is 2.36 bits per heavy atom. The molecule has 4 nitrogen and oxygen atoms in total. The van der Waals surface area contributed by atoms with E-state index in [0.717, 1.165) is 13.7 Å². The lowest BCUT2D eigenvalue weighted by molar-refractivity contribution is 0.0953. The van der Waals surface area contributed by atoms with Crippen LogP contribution in [-0.2, 0) is 5.41 Å². The molecule has 0 bridgehead atoms. The van der Waals surface area contributed by atoms with E-state index in [-0.39, 0.29) is 10.2 Å². The van der Waals surface area contributed by atoms with Crippen molar-refractivity contribution in [1.82, 2.24) is 9.55 Å². The zero-order valence-electron chi connectivity index (χ0n) is 14.1. The van der Waals surface area contributed by atoms with E-state index in [9.17, 15) is 9.59 Å². The molecule has 1 N–H and O–H groups in total. The second-order valence-electron chi connectivity index (χ2n) is 6.89. The molecule has 0 unspecified atom stereocenters. The van der Waals surface area contributed by atoms with Crippen LogP contribution in [0.3, 0.4) is 0 Å². The maximum atomic E-state index is 12.9. The van der Waals surface area contributed by atoms with Gasteiger partial charge in [0.25, 0.3) is 11.5 Å². The molecule has 0 atom stereocenters. The van der Waals surface area contributed by atoms with Crippen molar-refractivity contribution >= 4 is 51.6 Å². The van der Waals surface area contributed by atoms with Crippen molar-refractivity contribution in [2.24, 2.45) is 0 Å². The van der Waals surface area contributed by atoms with Gasteiger partial charge in [-0.15, -0.1) is 0 Å². The first kappa shape index (κ1) is 18.0. The van der Waals surface area contributed by atoms with Gasteiger partial charge in [-0.2, -0.15) is 0 Å². The summed E-state index contributed by atoms with van der Waals surface area (Å²) in [6.45, 7) is 6.32. The number of aromatic amines is 1. The second-order valence-corrected chi connectivity index (χ2v) is 8.53. The van der Waals surface area contributed by atoms with Crippen LogP contribution >= 0.6 is 34.8 Å². The van der Waals surface area contributed by atoms with E-state index in [2.05, 4.69) is 48.3 Å². The van der Waals surface area contributed by atoms with E-state index in [1.807, 2.05) is 18.2 Å². The van der Waals surface area contributed by atoms with Crippen LogP contribution in [0.2, 0.25) is 0 Å². The van der Waals surface area contributed by atoms with Crippen LogP contribution in [0.4, 0.5) is 0 Å². The van der Waals surface area contributed by atoms with Gasteiger partial charge in [0.15, 0.2) is 4.77 Å². The maximum Gasteiger partial charge on any atom is 0.269 e. The quantitative estimate of drug-likeness (QED) is 0.422. The van der Waals surface area contributed by atoms with Gasteiger partial charge in [-0.05, 0) is 76.1 Å². The molecule has 0 radical (unpaired) electrons. The third-order valence-corrected chi connectivity index (χ3v) is 5.02. The minimum absolute atomic E-state index is 0.00496. The summed E-state index contributed by atoms with van der Waals surface area (Å²) >= 11 is 7.38. The molecule has 128 valence electrons. The fourth-order valence-corrected chi connectivity index (χ4v) is 3.38. The normalized spacial score (nSPS) is 11.7. The molecule has 0 saturated carbocycles. The predicted molar refractivity (Wildman–Crippen MR) is 111 cm³/mol. The zero-order chi connectivity index (χ0) is 18.4. The lowest BCUT2D eigenvalue weighted by atomic mass is 9.87. The SMILES string of the molecule is CC(C)(C)c1ccc(C(=O)n2c(=S)[nH]c3ccc(I)cc3c2=O)cc1. The number of hydrogen-bond donors (Lipinski definition) is 1. The number of carbonyl (C=O) groups excluding carboxylic acids is 1. The van der Waals surface area contributed by atoms with Crippen LogP contribution in [0.15, 0.2) is 47.3 Å². The number of aromatic nitrogens is 2. The third-order valence-electron chi connectivity index (χ3n) is 4.06.